The van der Waals surface area contributed by atoms with Crippen molar-refractivity contribution in [3.63, 3.8) is 0 Å². The predicted octanol–water partition coefficient (Wildman–Crippen LogP) is 1.52. The van der Waals surface area contributed by atoms with Gasteiger partial charge in [-0.25, -0.2) is 0 Å². The number of hydrogen-bond acceptors (Lipinski definition) is 3. The minimum Gasteiger partial charge on any atom is -0.618 e. The summed E-state index contributed by atoms with van der Waals surface area (Å²) in [6.45, 7) is 0. The van der Waals surface area contributed by atoms with Crippen LogP contribution < -0.4 is 4.73 Å². The molecule has 15 heavy (non-hydrogen) atoms. The number of benzene rings is 1. The van der Waals surface area contributed by atoms with Gasteiger partial charge >= 0.3 is 5.69 Å². The summed E-state index contributed by atoms with van der Waals surface area (Å²) in [4.78, 5) is 9.77. The zero-order valence-corrected chi connectivity index (χ0v) is 7.38. The van der Waals surface area contributed by atoms with Crippen molar-refractivity contribution in [1.29, 1.82) is 0 Å². The number of fused-ring (bicyclic) bond motifs is 1. The van der Waals surface area contributed by atoms with E-state index in [1.807, 2.05) is 0 Å². The first-order valence-electron chi connectivity index (χ1n) is 4.06. The van der Waals surface area contributed by atoms with Crippen LogP contribution in [0.4, 0.5) is 10.1 Å². The van der Waals surface area contributed by atoms with Crippen LogP contribution >= 0.6 is 0 Å². The van der Waals surface area contributed by atoms with Crippen molar-refractivity contribution in [2.45, 2.75) is 0 Å². The number of aromatic nitrogens is 1. The van der Waals surface area contributed by atoms with E-state index in [4.69, 9.17) is 0 Å². The van der Waals surface area contributed by atoms with Crippen molar-refractivity contribution in [1.82, 2.24) is 0 Å². The summed E-state index contributed by atoms with van der Waals surface area (Å²) in [5, 5.41) is 21.8. The zero-order valence-electron chi connectivity index (χ0n) is 7.38. The van der Waals surface area contributed by atoms with Crippen molar-refractivity contribution in [3.8, 4) is 0 Å². The fraction of sp³-hybridized carbons (Fsp3) is 0. The first-order valence-corrected chi connectivity index (χ1v) is 4.06. The maximum absolute atomic E-state index is 13.1. The van der Waals surface area contributed by atoms with Gasteiger partial charge in [0.2, 0.25) is 11.3 Å². The Labute approximate surface area is 83.1 Å². The number of pyridine rings is 1. The molecule has 0 spiro atoms. The van der Waals surface area contributed by atoms with Gasteiger partial charge in [-0.2, -0.15) is 9.12 Å². The first-order chi connectivity index (χ1) is 7.11. The molecule has 0 bridgehead atoms. The molecule has 0 atom stereocenters. The Morgan fingerprint density at radius 2 is 2.07 bits per heavy atom. The lowest BCUT2D eigenvalue weighted by atomic mass is 10.2. The van der Waals surface area contributed by atoms with Crippen molar-refractivity contribution < 1.29 is 14.0 Å². The highest BCUT2D eigenvalue weighted by Gasteiger charge is 2.21. The predicted molar refractivity (Wildman–Crippen MR) is 49.5 cm³/mol. The molecule has 0 aliphatic rings. The summed E-state index contributed by atoms with van der Waals surface area (Å²) in [6, 6.07) is 4.80. The molecule has 76 valence electrons. The lowest BCUT2D eigenvalue weighted by molar-refractivity contribution is -0.577. The molecule has 1 heterocycles. The van der Waals surface area contributed by atoms with E-state index in [0.29, 0.717) is 4.73 Å². The Bertz CT molecular complexity index is 556. The van der Waals surface area contributed by atoms with Gasteiger partial charge in [-0.05, 0) is 12.1 Å². The number of rotatable bonds is 1. The molecule has 6 heteroatoms. The van der Waals surface area contributed by atoms with Crippen LogP contribution in [0, 0.1) is 21.1 Å². The van der Waals surface area contributed by atoms with E-state index >= 15 is 0 Å². The maximum Gasteiger partial charge on any atom is 0.318 e. The Kier molecular flexibility index (Phi) is 1.96. The van der Waals surface area contributed by atoms with Gasteiger partial charge in [-0.15, -0.1) is 0 Å². The van der Waals surface area contributed by atoms with Crippen LogP contribution in [0.1, 0.15) is 0 Å². The van der Waals surface area contributed by atoms with Crippen LogP contribution in [-0.4, -0.2) is 4.92 Å². The van der Waals surface area contributed by atoms with Gasteiger partial charge in [0.05, 0.1) is 4.92 Å². The molecular weight excluding hydrogens is 203 g/mol. The molecule has 0 saturated carbocycles. The smallest absolute Gasteiger partial charge is 0.318 e. The van der Waals surface area contributed by atoms with Crippen molar-refractivity contribution in [3.05, 3.63) is 51.6 Å². The van der Waals surface area contributed by atoms with Crippen LogP contribution in [0.2, 0.25) is 0 Å². The average molecular weight is 208 g/mol. The van der Waals surface area contributed by atoms with Gasteiger partial charge in [0.25, 0.3) is 0 Å². The van der Waals surface area contributed by atoms with E-state index in [1.54, 1.807) is 0 Å². The van der Waals surface area contributed by atoms with Crippen LogP contribution in [0.15, 0.2) is 30.5 Å². The molecule has 2 rings (SSSR count). The second-order valence-electron chi connectivity index (χ2n) is 2.92. The summed E-state index contributed by atoms with van der Waals surface area (Å²) in [7, 11) is 0. The van der Waals surface area contributed by atoms with E-state index in [9.17, 15) is 19.7 Å². The van der Waals surface area contributed by atoms with Gasteiger partial charge in [0.15, 0.2) is 6.20 Å². The van der Waals surface area contributed by atoms with E-state index < -0.39 is 16.4 Å². The monoisotopic (exact) mass is 208 g/mol. The summed E-state index contributed by atoms with van der Waals surface area (Å²) >= 11 is 0. The third-order valence-corrected chi connectivity index (χ3v) is 2.05. The van der Waals surface area contributed by atoms with Gasteiger partial charge < -0.3 is 5.21 Å². The van der Waals surface area contributed by atoms with Gasteiger partial charge in [-0.3, -0.25) is 10.1 Å². The molecule has 0 fully saturated rings. The molecule has 0 unspecified atom stereocenters. The highest BCUT2D eigenvalue weighted by Crippen LogP contribution is 2.26. The normalized spacial score (nSPS) is 10.5. The highest BCUT2D eigenvalue weighted by molar-refractivity contribution is 5.85. The lowest BCUT2D eigenvalue weighted by Crippen LogP contribution is -2.25. The number of halogens is 1. The van der Waals surface area contributed by atoms with Crippen molar-refractivity contribution in [2.75, 3.05) is 0 Å². The molecule has 0 radical (unpaired) electrons. The quantitative estimate of drug-likeness (QED) is 0.308. The first kappa shape index (κ1) is 9.32. The largest absolute Gasteiger partial charge is 0.618 e. The third-order valence-electron chi connectivity index (χ3n) is 2.05. The number of nitro benzene ring substituents is 1. The Hall–Kier alpha value is -2.24. The van der Waals surface area contributed by atoms with E-state index in [1.165, 1.54) is 24.4 Å². The molecule has 2 aromatic rings. The molecule has 0 aliphatic carbocycles. The molecule has 0 amide bonds. The van der Waals surface area contributed by atoms with Gasteiger partial charge in [0, 0.05) is 12.1 Å². The number of nitrogens with zero attached hydrogens (tertiary/aromatic N) is 2. The SMILES string of the molecule is O=[N+]([O-])c1c(F)ccc2c1ccc[n+]2[O-]. The second kappa shape index (κ2) is 3.16. The zero-order chi connectivity index (χ0) is 11.0. The summed E-state index contributed by atoms with van der Waals surface area (Å²) in [6.07, 6.45) is 1.20. The molecular formula is C9H5FN2O3. The summed E-state index contributed by atoms with van der Waals surface area (Å²) < 4.78 is 13.6. The molecule has 0 aliphatic heterocycles. The molecule has 1 aromatic heterocycles. The van der Waals surface area contributed by atoms with Crippen molar-refractivity contribution in [2.24, 2.45) is 0 Å². The number of hydrogen-bond donors (Lipinski definition) is 0. The minimum absolute atomic E-state index is 0.00231. The van der Waals surface area contributed by atoms with Crippen LogP contribution in [-0.2, 0) is 0 Å². The maximum atomic E-state index is 13.1. The van der Waals surface area contributed by atoms with Crippen molar-refractivity contribution >= 4 is 16.6 Å². The fourth-order valence-electron chi connectivity index (χ4n) is 1.41. The standard InChI is InChI=1S/C9H5FN2O3/c10-7-3-4-8-6(9(7)12(14)15)2-1-5-11(8)13/h1-5H. The van der Waals surface area contributed by atoms with Crippen LogP contribution in [0.5, 0.6) is 0 Å². The Balaban J connectivity index is 2.94. The third kappa shape index (κ3) is 1.35. The van der Waals surface area contributed by atoms with Gasteiger partial charge in [-0.1, -0.05) is 0 Å². The summed E-state index contributed by atoms with van der Waals surface area (Å²) in [5.41, 5.74) is -0.594. The van der Waals surface area contributed by atoms with E-state index in [-0.39, 0.29) is 10.9 Å². The summed E-state index contributed by atoms with van der Waals surface area (Å²) in [5.74, 6) is -0.946. The average Bonchev–Trinajstić information content (AvgIpc) is 2.17. The topological polar surface area (TPSA) is 70.1 Å². The molecule has 5 nitrogen and oxygen atoms in total. The van der Waals surface area contributed by atoms with E-state index in [0.717, 1.165) is 6.07 Å². The fourth-order valence-corrected chi connectivity index (χ4v) is 1.41. The van der Waals surface area contributed by atoms with Crippen LogP contribution in [0.25, 0.3) is 10.9 Å². The molecule has 0 saturated heterocycles. The van der Waals surface area contributed by atoms with E-state index in [2.05, 4.69) is 0 Å². The number of nitro groups is 1. The van der Waals surface area contributed by atoms with Crippen LogP contribution in [0.3, 0.4) is 0 Å². The Morgan fingerprint density at radius 3 is 2.73 bits per heavy atom. The Morgan fingerprint density at radius 1 is 1.33 bits per heavy atom. The minimum atomic E-state index is -0.946. The molecule has 1 aromatic carbocycles. The molecule has 0 N–H and O–H groups in total. The lowest BCUT2D eigenvalue weighted by Gasteiger charge is -2.01. The second-order valence-corrected chi connectivity index (χ2v) is 2.92. The highest BCUT2D eigenvalue weighted by atomic mass is 19.1. The van der Waals surface area contributed by atoms with Gasteiger partial charge in [0.1, 0.15) is 5.39 Å².